The minimum atomic E-state index is -4.38. The van der Waals surface area contributed by atoms with Crippen LogP contribution in [0, 0.1) is 0 Å². The van der Waals surface area contributed by atoms with Crippen molar-refractivity contribution in [1.82, 2.24) is 0 Å². The molecule has 0 aliphatic carbocycles. The van der Waals surface area contributed by atoms with Gasteiger partial charge in [-0.15, -0.1) is 0 Å². The molecule has 5 heteroatoms. The van der Waals surface area contributed by atoms with Gasteiger partial charge >= 0.3 is 6.18 Å². The SMILES string of the molecule is COC(C)(CCN)c1ccccc1C(F)(F)F. The number of rotatable bonds is 4. The number of alkyl halides is 3. The molecule has 0 radical (unpaired) electrons. The molecule has 1 atom stereocenters. The summed E-state index contributed by atoms with van der Waals surface area (Å²) >= 11 is 0. The van der Waals surface area contributed by atoms with Gasteiger partial charge in [0.1, 0.15) is 0 Å². The maximum Gasteiger partial charge on any atom is 0.416 e. The van der Waals surface area contributed by atoms with Crippen molar-refractivity contribution < 1.29 is 17.9 Å². The lowest BCUT2D eigenvalue weighted by molar-refractivity contribution is -0.141. The monoisotopic (exact) mass is 247 g/mol. The summed E-state index contributed by atoms with van der Waals surface area (Å²) in [6, 6.07) is 5.42. The molecule has 2 nitrogen and oxygen atoms in total. The largest absolute Gasteiger partial charge is 0.416 e. The molecule has 0 saturated heterocycles. The molecule has 0 spiro atoms. The molecular weight excluding hydrogens is 231 g/mol. The molecule has 0 saturated carbocycles. The van der Waals surface area contributed by atoms with E-state index < -0.39 is 17.3 Å². The number of halogens is 3. The summed E-state index contributed by atoms with van der Waals surface area (Å²) in [4.78, 5) is 0. The molecule has 0 aromatic heterocycles. The van der Waals surface area contributed by atoms with E-state index in [2.05, 4.69) is 0 Å². The number of benzene rings is 1. The van der Waals surface area contributed by atoms with Gasteiger partial charge in [0.05, 0.1) is 11.2 Å². The summed E-state index contributed by atoms with van der Waals surface area (Å²) < 4.78 is 43.8. The molecule has 1 unspecified atom stereocenters. The molecule has 1 rings (SSSR count). The lowest BCUT2D eigenvalue weighted by Gasteiger charge is -2.30. The Morgan fingerprint density at radius 2 is 1.71 bits per heavy atom. The Balaban J connectivity index is 3.29. The molecule has 1 aromatic carbocycles. The van der Waals surface area contributed by atoms with Crippen LogP contribution in [0.3, 0.4) is 0 Å². The second-order valence-corrected chi connectivity index (χ2v) is 4.02. The van der Waals surface area contributed by atoms with Crippen LogP contribution in [0.15, 0.2) is 24.3 Å². The van der Waals surface area contributed by atoms with Gasteiger partial charge < -0.3 is 10.5 Å². The summed E-state index contributed by atoms with van der Waals surface area (Å²) in [5, 5.41) is 0. The summed E-state index contributed by atoms with van der Waals surface area (Å²) in [6.07, 6.45) is -4.05. The van der Waals surface area contributed by atoms with Crippen LogP contribution in [0.5, 0.6) is 0 Å². The first-order chi connectivity index (χ1) is 7.85. The maximum absolute atomic E-state index is 12.9. The highest BCUT2D eigenvalue weighted by atomic mass is 19.4. The van der Waals surface area contributed by atoms with Gasteiger partial charge in [-0.1, -0.05) is 18.2 Å². The highest BCUT2D eigenvalue weighted by Crippen LogP contribution is 2.39. The molecule has 0 fully saturated rings. The average molecular weight is 247 g/mol. The van der Waals surface area contributed by atoms with E-state index in [0.29, 0.717) is 6.42 Å². The van der Waals surface area contributed by atoms with E-state index in [1.54, 1.807) is 13.0 Å². The third-order valence-electron chi connectivity index (χ3n) is 2.87. The van der Waals surface area contributed by atoms with E-state index in [4.69, 9.17) is 10.5 Å². The van der Waals surface area contributed by atoms with Crippen LogP contribution in [0.25, 0.3) is 0 Å². The minimum absolute atomic E-state index is 0.125. The van der Waals surface area contributed by atoms with Crippen LogP contribution in [0.2, 0.25) is 0 Å². The molecule has 2 N–H and O–H groups in total. The summed E-state index contributed by atoms with van der Waals surface area (Å²) in [6.45, 7) is 1.88. The lowest BCUT2D eigenvalue weighted by atomic mass is 9.88. The molecule has 0 aliphatic rings. The van der Waals surface area contributed by atoms with Gasteiger partial charge in [-0.2, -0.15) is 13.2 Å². The van der Waals surface area contributed by atoms with Crippen molar-refractivity contribution in [3.8, 4) is 0 Å². The van der Waals surface area contributed by atoms with E-state index in [0.717, 1.165) is 6.07 Å². The fourth-order valence-corrected chi connectivity index (χ4v) is 1.81. The number of hydrogen-bond donors (Lipinski definition) is 1. The molecule has 0 bridgehead atoms. The number of methoxy groups -OCH3 is 1. The molecule has 1 aromatic rings. The van der Waals surface area contributed by atoms with E-state index in [1.165, 1.54) is 19.2 Å². The van der Waals surface area contributed by atoms with Crippen LogP contribution in [0.1, 0.15) is 24.5 Å². The van der Waals surface area contributed by atoms with Gasteiger partial charge in [0.2, 0.25) is 0 Å². The molecule has 0 amide bonds. The molecule has 0 aliphatic heterocycles. The molecule has 0 heterocycles. The van der Waals surface area contributed by atoms with Crippen molar-refractivity contribution in [2.75, 3.05) is 13.7 Å². The predicted molar refractivity (Wildman–Crippen MR) is 59.5 cm³/mol. The zero-order valence-electron chi connectivity index (χ0n) is 9.84. The van der Waals surface area contributed by atoms with Crippen molar-refractivity contribution in [2.24, 2.45) is 5.73 Å². The fourth-order valence-electron chi connectivity index (χ4n) is 1.81. The Labute approximate surface area is 98.6 Å². The van der Waals surface area contributed by atoms with Crippen molar-refractivity contribution in [1.29, 1.82) is 0 Å². The van der Waals surface area contributed by atoms with Crippen LogP contribution < -0.4 is 5.73 Å². The Hall–Kier alpha value is -1.07. The normalized spacial score (nSPS) is 15.6. The Bertz CT molecular complexity index is 378. The maximum atomic E-state index is 12.9. The van der Waals surface area contributed by atoms with E-state index in [1.807, 2.05) is 0 Å². The predicted octanol–water partition coefficient (Wildman–Crippen LogP) is 2.92. The van der Waals surface area contributed by atoms with Crippen LogP contribution >= 0.6 is 0 Å². The van der Waals surface area contributed by atoms with Gasteiger partial charge in [0.15, 0.2) is 0 Å². The first kappa shape index (κ1) is 14.0. The summed E-state index contributed by atoms with van der Waals surface area (Å²) in [5.41, 5.74) is 3.87. The van der Waals surface area contributed by atoms with E-state index in [9.17, 15) is 13.2 Å². The first-order valence-corrected chi connectivity index (χ1v) is 5.27. The minimum Gasteiger partial charge on any atom is -0.374 e. The topological polar surface area (TPSA) is 35.2 Å². The number of nitrogens with two attached hydrogens (primary N) is 1. The smallest absolute Gasteiger partial charge is 0.374 e. The third kappa shape index (κ3) is 2.98. The van der Waals surface area contributed by atoms with Crippen LogP contribution in [0.4, 0.5) is 13.2 Å². The van der Waals surface area contributed by atoms with E-state index >= 15 is 0 Å². The van der Waals surface area contributed by atoms with Crippen molar-refractivity contribution >= 4 is 0 Å². The lowest BCUT2D eigenvalue weighted by Crippen LogP contribution is -2.30. The van der Waals surface area contributed by atoms with Gasteiger partial charge in [0, 0.05) is 7.11 Å². The Morgan fingerprint density at radius 3 is 2.12 bits per heavy atom. The zero-order valence-corrected chi connectivity index (χ0v) is 9.84. The standard InChI is InChI=1S/C12H16F3NO/c1-11(17-2,7-8-16)9-5-3-4-6-10(9)12(13,14)15/h3-6H,7-8,16H2,1-2H3. The average Bonchev–Trinajstić information content (AvgIpc) is 2.28. The van der Waals surface area contributed by atoms with Crippen LogP contribution in [-0.4, -0.2) is 13.7 Å². The van der Waals surface area contributed by atoms with Gasteiger partial charge in [0.25, 0.3) is 0 Å². The van der Waals surface area contributed by atoms with Gasteiger partial charge in [-0.05, 0) is 31.5 Å². The molecular formula is C12H16F3NO. The first-order valence-electron chi connectivity index (χ1n) is 5.27. The third-order valence-corrected chi connectivity index (χ3v) is 2.87. The molecule has 96 valence electrons. The Morgan fingerprint density at radius 1 is 1.18 bits per heavy atom. The zero-order chi connectivity index (χ0) is 13.1. The van der Waals surface area contributed by atoms with Gasteiger partial charge in [-0.3, -0.25) is 0 Å². The van der Waals surface area contributed by atoms with E-state index in [-0.39, 0.29) is 12.1 Å². The van der Waals surface area contributed by atoms with Crippen LogP contribution in [-0.2, 0) is 16.5 Å². The van der Waals surface area contributed by atoms with Crippen molar-refractivity contribution in [3.63, 3.8) is 0 Å². The summed E-state index contributed by atoms with van der Waals surface area (Å²) in [5.74, 6) is 0. The second-order valence-electron chi connectivity index (χ2n) is 4.02. The highest BCUT2D eigenvalue weighted by molar-refractivity contribution is 5.34. The fraction of sp³-hybridized carbons (Fsp3) is 0.500. The highest BCUT2D eigenvalue weighted by Gasteiger charge is 2.38. The number of ether oxygens (including phenoxy) is 1. The molecule has 17 heavy (non-hydrogen) atoms. The van der Waals surface area contributed by atoms with Crippen molar-refractivity contribution in [3.05, 3.63) is 35.4 Å². The van der Waals surface area contributed by atoms with Gasteiger partial charge in [-0.25, -0.2) is 0 Å². The Kier molecular flexibility index (Phi) is 4.16. The second kappa shape index (κ2) is 5.06. The number of hydrogen-bond acceptors (Lipinski definition) is 2. The summed E-state index contributed by atoms with van der Waals surface area (Å²) in [7, 11) is 1.39. The van der Waals surface area contributed by atoms with Crippen molar-refractivity contribution in [2.45, 2.75) is 25.1 Å². The quantitative estimate of drug-likeness (QED) is 0.887.